The SMILES string of the molecule is [N-]=[N+]=NC[C@@H]1CN(Cc2ccccc2)C[C@H](CO)O1. The maximum atomic E-state index is 9.26. The van der Waals surface area contributed by atoms with Crippen LogP contribution in [0.4, 0.5) is 0 Å². The van der Waals surface area contributed by atoms with E-state index in [0.717, 1.165) is 6.54 Å². The van der Waals surface area contributed by atoms with E-state index in [2.05, 4.69) is 27.1 Å². The summed E-state index contributed by atoms with van der Waals surface area (Å²) >= 11 is 0. The highest BCUT2D eigenvalue weighted by Crippen LogP contribution is 2.15. The fourth-order valence-electron chi connectivity index (χ4n) is 2.31. The van der Waals surface area contributed by atoms with Gasteiger partial charge in [0.1, 0.15) is 0 Å². The van der Waals surface area contributed by atoms with E-state index in [1.165, 1.54) is 5.56 Å². The summed E-state index contributed by atoms with van der Waals surface area (Å²) in [5.74, 6) is 0. The zero-order valence-electron chi connectivity index (χ0n) is 10.7. The third-order valence-electron chi connectivity index (χ3n) is 3.11. The number of azide groups is 1. The van der Waals surface area contributed by atoms with E-state index in [-0.39, 0.29) is 18.8 Å². The summed E-state index contributed by atoms with van der Waals surface area (Å²) in [6.07, 6.45) is -0.359. The van der Waals surface area contributed by atoms with E-state index in [9.17, 15) is 5.11 Å². The molecule has 1 aromatic rings. The number of aliphatic hydroxyl groups is 1. The van der Waals surface area contributed by atoms with Crippen LogP contribution in [0.5, 0.6) is 0 Å². The predicted molar refractivity (Wildman–Crippen MR) is 71.5 cm³/mol. The van der Waals surface area contributed by atoms with Gasteiger partial charge in [-0.25, -0.2) is 0 Å². The van der Waals surface area contributed by atoms with Gasteiger partial charge in [-0.15, -0.1) is 0 Å². The normalized spacial score (nSPS) is 23.8. The number of morpholine rings is 1. The fraction of sp³-hybridized carbons (Fsp3) is 0.538. The number of hydrogen-bond donors (Lipinski definition) is 1. The van der Waals surface area contributed by atoms with E-state index < -0.39 is 0 Å². The summed E-state index contributed by atoms with van der Waals surface area (Å²) in [4.78, 5) is 4.97. The van der Waals surface area contributed by atoms with Crippen LogP contribution in [-0.4, -0.2) is 48.5 Å². The van der Waals surface area contributed by atoms with Crippen LogP contribution in [0, 0.1) is 0 Å². The van der Waals surface area contributed by atoms with E-state index in [1.807, 2.05) is 18.2 Å². The molecule has 1 aromatic carbocycles. The smallest absolute Gasteiger partial charge is 0.0936 e. The van der Waals surface area contributed by atoms with Gasteiger partial charge >= 0.3 is 0 Å². The van der Waals surface area contributed by atoms with Crippen LogP contribution in [0.3, 0.4) is 0 Å². The number of ether oxygens (including phenoxy) is 1. The minimum atomic E-state index is -0.212. The maximum absolute atomic E-state index is 9.26. The number of hydrogen-bond acceptors (Lipinski definition) is 4. The highest BCUT2D eigenvalue weighted by Gasteiger charge is 2.26. The van der Waals surface area contributed by atoms with Gasteiger partial charge in [-0.2, -0.15) is 0 Å². The molecule has 6 heteroatoms. The number of benzene rings is 1. The summed E-state index contributed by atoms with van der Waals surface area (Å²) in [6, 6.07) is 10.2. The largest absolute Gasteiger partial charge is 0.394 e. The Bertz CT molecular complexity index is 434. The van der Waals surface area contributed by atoms with Gasteiger partial charge < -0.3 is 9.84 Å². The molecule has 0 saturated carbocycles. The van der Waals surface area contributed by atoms with Crippen molar-refractivity contribution in [2.75, 3.05) is 26.2 Å². The van der Waals surface area contributed by atoms with Crippen molar-refractivity contribution >= 4 is 0 Å². The lowest BCUT2D eigenvalue weighted by Gasteiger charge is -2.37. The van der Waals surface area contributed by atoms with Crippen LogP contribution < -0.4 is 0 Å². The third kappa shape index (κ3) is 4.22. The van der Waals surface area contributed by atoms with Gasteiger partial charge in [0, 0.05) is 24.5 Å². The lowest BCUT2D eigenvalue weighted by Crippen LogP contribution is -2.49. The summed E-state index contributed by atoms with van der Waals surface area (Å²) < 4.78 is 5.65. The monoisotopic (exact) mass is 262 g/mol. The molecule has 1 aliphatic heterocycles. The summed E-state index contributed by atoms with van der Waals surface area (Å²) in [5, 5.41) is 12.8. The van der Waals surface area contributed by atoms with Crippen LogP contribution in [0.2, 0.25) is 0 Å². The molecule has 102 valence electrons. The van der Waals surface area contributed by atoms with E-state index >= 15 is 0 Å². The van der Waals surface area contributed by atoms with Crippen molar-refractivity contribution < 1.29 is 9.84 Å². The first-order valence-corrected chi connectivity index (χ1v) is 6.35. The fourth-order valence-corrected chi connectivity index (χ4v) is 2.31. The molecular weight excluding hydrogens is 244 g/mol. The molecule has 1 heterocycles. The van der Waals surface area contributed by atoms with Crippen molar-refractivity contribution in [1.82, 2.24) is 4.90 Å². The van der Waals surface area contributed by atoms with E-state index in [1.54, 1.807) is 0 Å². The molecule has 1 aliphatic rings. The highest BCUT2D eigenvalue weighted by atomic mass is 16.5. The van der Waals surface area contributed by atoms with Gasteiger partial charge in [0.05, 0.1) is 25.4 Å². The quantitative estimate of drug-likeness (QED) is 0.496. The molecule has 0 aliphatic carbocycles. The van der Waals surface area contributed by atoms with Gasteiger partial charge in [-0.05, 0) is 11.1 Å². The van der Waals surface area contributed by atoms with Crippen LogP contribution in [-0.2, 0) is 11.3 Å². The first-order chi connectivity index (χ1) is 9.31. The Hall–Kier alpha value is -1.59. The number of nitrogens with zero attached hydrogens (tertiary/aromatic N) is 4. The van der Waals surface area contributed by atoms with Gasteiger partial charge in [0.25, 0.3) is 0 Å². The molecule has 1 fully saturated rings. The van der Waals surface area contributed by atoms with Crippen molar-refractivity contribution in [2.24, 2.45) is 5.11 Å². The molecule has 0 aromatic heterocycles. The number of rotatable bonds is 5. The van der Waals surface area contributed by atoms with Crippen LogP contribution in [0.15, 0.2) is 35.4 Å². The molecule has 0 amide bonds. The summed E-state index contributed by atoms with van der Waals surface area (Å²) in [6.45, 7) is 2.51. The van der Waals surface area contributed by atoms with Crippen molar-refractivity contribution in [1.29, 1.82) is 0 Å². The average Bonchev–Trinajstić information content (AvgIpc) is 2.46. The molecule has 1 saturated heterocycles. The molecule has 1 N–H and O–H groups in total. The lowest BCUT2D eigenvalue weighted by molar-refractivity contribution is -0.100. The Morgan fingerprint density at radius 2 is 2.05 bits per heavy atom. The molecule has 0 spiro atoms. The average molecular weight is 262 g/mol. The zero-order valence-corrected chi connectivity index (χ0v) is 10.7. The number of aliphatic hydroxyl groups excluding tert-OH is 1. The Labute approximate surface area is 112 Å². The second-order valence-corrected chi connectivity index (χ2v) is 4.66. The molecule has 19 heavy (non-hydrogen) atoms. The van der Waals surface area contributed by atoms with Crippen molar-refractivity contribution in [3.63, 3.8) is 0 Å². The third-order valence-corrected chi connectivity index (χ3v) is 3.11. The zero-order chi connectivity index (χ0) is 13.5. The molecule has 0 radical (unpaired) electrons. The predicted octanol–water partition coefficient (Wildman–Crippen LogP) is 1.56. The molecule has 2 rings (SSSR count). The second-order valence-electron chi connectivity index (χ2n) is 4.66. The molecule has 0 bridgehead atoms. The maximum Gasteiger partial charge on any atom is 0.0936 e. The van der Waals surface area contributed by atoms with Gasteiger partial charge in [-0.3, -0.25) is 4.90 Å². The topological polar surface area (TPSA) is 81.5 Å². The van der Waals surface area contributed by atoms with Crippen molar-refractivity contribution in [3.05, 3.63) is 46.3 Å². The Kier molecular flexibility index (Phi) is 5.18. The van der Waals surface area contributed by atoms with E-state index in [4.69, 9.17) is 10.3 Å². The molecule has 0 unspecified atom stereocenters. The Morgan fingerprint density at radius 1 is 1.32 bits per heavy atom. The lowest BCUT2D eigenvalue weighted by atomic mass is 10.1. The van der Waals surface area contributed by atoms with Crippen molar-refractivity contribution in [2.45, 2.75) is 18.8 Å². The van der Waals surface area contributed by atoms with Crippen LogP contribution in [0.1, 0.15) is 5.56 Å². The Balaban J connectivity index is 1.97. The van der Waals surface area contributed by atoms with Gasteiger partial charge in [0.2, 0.25) is 0 Å². The second kappa shape index (κ2) is 7.11. The van der Waals surface area contributed by atoms with E-state index in [0.29, 0.717) is 19.6 Å². The first-order valence-electron chi connectivity index (χ1n) is 6.35. The summed E-state index contributed by atoms with van der Waals surface area (Å²) in [7, 11) is 0. The molecular formula is C13H18N4O2. The van der Waals surface area contributed by atoms with Gasteiger partial charge in [-0.1, -0.05) is 35.4 Å². The Morgan fingerprint density at radius 3 is 2.74 bits per heavy atom. The van der Waals surface area contributed by atoms with Gasteiger partial charge in [0.15, 0.2) is 0 Å². The minimum Gasteiger partial charge on any atom is -0.394 e. The molecule has 6 nitrogen and oxygen atoms in total. The summed E-state index contributed by atoms with van der Waals surface area (Å²) in [5.41, 5.74) is 9.59. The molecule has 2 atom stereocenters. The van der Waals surface area contributed by atoms with Crippen LogP contribution in [0.25, 0.3) is 10.4 Å². The van der Waals surface area contributed by atoms with Crippen LogP contribution >= 0.6 is 0 Å². The highest BCUT2D eigenvalue weighted by molar-refractivity contribution is 5.14. The standard InChI is InChI=1S/C13H18N4O2/c14-16-15-6-12-8-17(9-13(10-18)19-12)7-11-4-2-1-3-5-11/h1-5,12-13,18H,6-10H2/t12-,13-/m1/s1. The van der Waals surface area contributed by atoms with Crippen molar-refractivity contribution in [3.8, 4) is 0 Å². The first kappa shape index (κ1) is 13.8. The minimum absolute atomic E-state index is 0.0158.